The van der Waals surface area contributed by atoms with Gasteiger partial charge in [-0.25, -0.2) is 19.9 Å². The van der Waals surface area contributed by atoms with E-state index in [-0.39, 0.29) is 5.41 Å². The highest BCUT2D eigenvalue weighted by Gasteiger charge is 2.33. The average Bonchev–Trinajstić information content (AvgIpc) is 3.51. The minimum absolute atomic E-state index is 0.268. The van der Waals surface area contributed by atoms with Crippen molar-refractivity contribution in [1.29, 1.82) is 0 Å². The molecule has 1 N–H and O–H groups in total. The molecule has 196 valence electrons. The normalized spacial score (nSPS) is 19.2. The maximum Gasteiger partial charge on any atom is 0.177 e. The number of H-pyrrole nitrogens is 1. The molecular formula is C31H36N6O. The molecule has 2 aliphatic carbocycles. The zero-order chi connectivity index (χ0) is 25.9. The number of anilines is 1. The van der Waals surface area contributed by atoms with E-state index in [2.05, 4.69) is 58.0 Å². The second-order valence-electron chi connectivity index (χ2n) is 12.2. The van der Waals surface area contributed by atoms with E-state index in [1.807, 2.05) is 13.1 Å². The summed E-state index contributed by atoms with van der Waals surface area (Å²) < 4.78 is 6.26. The summed E-state index contributed by atoms with van der Waals surface area (Å²) in [5, 5.41) is 0. The zero-order valence-electron chi connectivity index (χ0n) is 22.7. The van der Waals surface area contributed by atoms with Crippen molar-refractivity contribution < 1.29 is 4.74 Å². The molecule has 0 saturated heterocycles. The molecule has 0 amide bonds. The highest BCUT2D eigenvalue weighted by Crippen LogP contribution is 2.41. The molecule has 0 radical (unpaired) electrons. The molecule has 7 nitrogen and oxygen atoms in total. The van der Waals surface area contributed by atoms with Crippen LogP contribution in [0.1, 0.15) is 80.3 Å². The van der Waals surface area contributed by atoms with Gasteiger partial charge in [-0.15, -0.1) is 0 Å². The van der Waals surface area contributed by atoms with Gasteiger partial charge >= 0.3 is 0 Å². The Hall–Kier alpha value is -3.48. The van der Waals surface area contributed by atoms with Crippen LogP contribution in [0.2, 0.25) is 0 Å². The third-order valence-electron chi connectivity index (χ3n) is 8.63. The monoisotopic (exact) mass is 508 g/mol. The number of fused-ring (bicyclic) bond motifs is 3. The Morgan fingerprint density at radius 3 is 2.79 bits per heavy atom. The molecule has 0 bridgehead atoms. The number of aromatic nitrogens is 5. The van der Waals surface area contributed by atoms with Gasteiger partial charge in [-0.1, -0.05) is 32.8 Å². The average molecular weight is 509 g/mol. The Morgan fingerprint density at radius 2 is 1.92 bits per heavy atom. The fraction of sp³-hybridized carbons (Fsp3) is 0.484. The van der Waals surface area contributed by atoms with Crippen LogP contribution in [0.25, 0.3) is 22.3 Å². The standard InChI is InChI=1S/C31H36N6O/c1-19-33-26-15-22(17-32-29(26)34-19)21-8-9-27-23(14-21)18-37(12-13-38-27)30-24-16-31(2,3)11-10-25(24)35-28(36-30)20-6-4-5-7-20/h8-9,14-15,17,20H,4-7,10-13,16,18H2,1-3H3,(H,32,33,34). The lowest BCUT2D eigenvalue weighted by Gasteiger charge is -2.34. The lowest BCUT2D eigenvalue weighted by Crippen LogP contribution is -2.32. The summed E-state index contributed by atoms with van der Waals surface area (Å²) in [6.07, 6.45) is 10.2. The van der Waals surface area contributed by atoms with Crippen LogP contribution in [-0.4, -0.2) is 38.1 Å². The van der Waals surface area contributed by atoms with Gasteiger partial charge in [0.1, 0.15) is 29.8 Å². The lowest BCUT2D eigenvalue weighted by molar-refractivity contribution is 0.310. The molecular weight excluding hydrogens is 472 g/mol. The van der Waals surface area contributed by atoms with Crippen molar-refractivity contribution in [3.05, 3.63) is 58.9 Å². The van der Waals surface area contributed by atoms with E-state index in [1.165, 1.54) is 48.9 Å². The maximum atomic E-state index is 6.26. The fourth-order valence-electron chi connectivity index (χ4n) is 6.51. The first-order valence-corrected chi connectivity index (χ1v) is 14.1. The fourth-order valence-corrected chi connectivity index (χ4v) is 6.51. The predicted molar refractivity (Wildman–Crippen MR) is 150 cm³/mol. The zero-order valence-corrected chi connectivity index (χ0v) is 22.7. The van der Waals surface area contributed by atoms with E-state index in [9.17, 15) is 0 Å². The SMILES string of the molecule is Cc1nc2ncc(-c3ccc4c(c3)CN(c3nc(C5CCCC5)nc5c3CC(C)(C)CC5)CCO4)cc2[nH]1. The van der Waals surface area contributed by atoms with Gasteiger partial charge in [0.2, 0.25) is 0 Å². The smallest absolute Gasteiger partial charge is 0.177 e. The van der Waals surface area contributed by atoms with E-state index >= 15 is 0 Å². The van der Waals surface area contributed by atoms with Gasteiger partial charge in [-0.05, 0) is 68.2 Å². The van der Waals surface area contributed by atoms with Crippen molar-refractivity contribution in [1.82, 2.24) is 24.9 Å². The van der Waals surface area contributed by atoms with Crippen LogP contribution in [0, 0.1) is 12.3 Å². The highest BCUT2D eigenvalue weighted by molar-refractivity contribution is 5.78. The van der Waals surface area contributed by atoms with Gasteiger partial charge in [-0.2, -0.15) is 0 Å². The van der Waals surface area contributed by atoms with Crippen LogP contribution in [0.5, 0.6) is 5.75 Å². The number of rotatable bonds is 3. The number of imidazole rings is 1. The molecule has 3 aliphatic rings. The Labute approximate surface area is 224 Å². The van der Waals surface area contributed by atoms with Crippen LogP contribution < -0.4 is 9.64 Å². The van der Waals surface area contributed by atoms with E-state index in [0.29, 0.717) is 12.5 Å². The molecule has 1 fully saturated rings. The second-order valence-corrected chi connectivity index (χ2v) is 12.2. The third kappa shape index (κ3) is 4.32. The van der Waals surface area contributed by atoms with Crippen LogP contribution in [0.3, 0.4) is 0 Å². The number of nitrogens with zero attached hydrogens (tertiary/aromatic N) is 5. The van der Waals surface area contributed by atoms with Gasteiger partial charge in [0, 0.05) is 41.0 Å². The first-order valence-electron chi connectivity index (χ1n) is 14.1. The van der Waals surface area contributed by atoms with Crippen LogP contribution in [0.4, 0.5) is 5.82 Å². The van der Waals surface area contributed by atoms with E-state index in [1.54, 1.807) is 0 Å². The molecule has 7 heteroatoms. The lowest BCUT2D eigenvalue weighted by atomic mass is 9.76. The Balaban J connectivity index is 1.27. The first-order chi connectivity index (χ1) is 18.4. The second kappa shape index (κ2) is 9.07. The van der Waals surface area contributed by atoms with Gasteiger partial charge in [0.15, 0.2) is 5.65 Å². The first kappa shape index (κ1) is 23.6. The summed E-state index contributed by atoms with van der Waals surface area (Å²) in [5.41, 5.74) is 8.01. The van der Waals surface area contributed by atoms with E-state index < -0.39 is 0 Å². The van der Waals surface area contributed by atoms with Crippen molar-refractivity contribution >= 4 is 17.0 Å². The molecule has 0 unspecified atom stereocenters. The van der Waals surface area contributed by atoms with Crippen LogP contribution in [-0.2, 0) is 19.4 Å². The number of hydrogen-bond acceptors (Lipinski definition) is 6. The summed E-state index contributed by atoms with van der Waals surface area (Å²) in [5.74, 6) is 4.56. The molecule has 0 spiro atoms. The molecule has 3 aromatic heterocycles. The van der Waals surface area contributed by atoms with Gasteiger partial charge in [0.25, 0.3) is 0 Å². The summed E-state index contributed by atoms with van der Waals surface area (Å²) in [4.78, 5) is 25.3. The van der Waals surface area contributed by atoms with Crippen LogP contribution in [0.15, 0.2) is 30.5 Å². The minimum Gasteiger partial charge on any atom is -0.491 e. The predicted octanol–water partition coefficient (Wildman–Crippen LogP) is 6.29. The number of aryl methyl sites for hydroxylation is 2. The number of aromatic amines is 1. The molecule has 4 heterocycles. The number of nitrogens with one attached hydrogen (secondary N) is 1. The molecule has 1 aliphatic heterocycles. The largest absolute Gasteiger partial charge is 0.491 e. The molecule has 0 atom stereocenters. The maximum absolute atomic E-state index is 6.26. The van der Waals surface area contributed by atoms with Crippen LogP contribution >= 0.6 is 0 Å². The van der Waals surface area contributed by atoms with Crippen molar-refractivity contribution in [3.63, 3.8) is 0 Å². The van der Waals surface area contributed by atoms with Gasteiger partial charge in [-0.3, -0.25) is 0 Å². The quantitative estimate of drug-likeness (QED) is 0.350. The summed E-state index contributed by atoms with van der Waals surface area (Å²) >= 11 is 0. The van der Waals surface area contributed by atoms with Crippen molar-refractivity contribution in [3.8, 4) is 16.9 Å². The van der Waals surface area contributed by atoms with Crippen molar-refractivity contribution in [2.75, 3.05) is 18.1 Å². The summed E-state index contributed by atoms with van der Waals surface area (Å²) in [6, 6.07) is 8.64. The van der Waals surface area contributed by atoms with Gasteiger partial charge in [0.05, 0.1) is 12.1 Å². The molecule has 1 saturated carbocycles. The third-order valence-corrected chi connectivity index (χ3v) is 8.63. The van der Waals surface area contributed by atoms with E-state index in [4.69, 9.17) is 14.7 Å². The molecule has 1 aromatic carbocycles. The van der Waals surface area contributed by atoms with Crippen molar-refractivity contribution in [2.24, 2.45) is 5.41 Å². The number of benzene rings is 1. The number of hydrogen-bond donors (Lipinski definition) is 1. The van der Waals surface area contributed by atoms with Crippen molar-refractivity contribution in [2.45, 2.75) is 78.2 Å². The molecule has 38 heavy (non-hydrogen) atoms. The number of ether oxygens (including phenoxy) is 1. The highest BCUT2D eigenvalue weighted by atomic mass is 16.5. The Bertz CT molecular complexity index is 1520. The Morgan fingerprint density at radius 1 is 1.05 bits per heavy atom. The van der Waals surface area contributed by atoms with Gasteiger partial charge < -0.3 is 14.6 Å². The molecule has 7 rings (SSSR count). The van der Waals surface area contributed by atoms with E-state index in [0.717, 1.165) is 71.4 Å². The minimum atomic E-state index is 0.268. The summed E-state index contributed by atoms with van der Waals surface area (Å²) in [6.45, 7) is 8.96. The topological polar surface area (TPSA) is 79.8 Å². The Kier molecular flexibility index (Phi) is 5.64. The molecule has 4 aromatic rings. The summed E-state index contributed by atoms with van der Waals surface area (Å²) in [7, 11) is 0. The number of pyridine rings is 1.